The second-order valence-electron chi connectivity index (χ2n) is 4.21. The fraction of sp³-hybridized carbons (Fsp3) is 0. The fourth-order valence-electron chi connectivity index (χ4n) is 2.04. The Bertz CT molecular complexity index is 928. The minimum Gasteiger partial charge on any atom is -0.306 e. The van der Waals surface area contributed by atoms with Gasteiger partial charge in [0.05, 0.1) is 16.6 Å². The molecular weight excluding hydrogens is 266 g/mol. The monoisotopic (exact) mass is 274 g/mol. The number of nitrogens with one attached hydrogen (secondary N) is 1. The Hall–Kier alpha value is -2.76. The van der Waals surface area contributed by atoms with Crippen LogP contribution in [0.3, 0.4) is 0 Å². The smallest absolute Gasteiger partial charge is 0.306 e. The molecule has 20 heavy (non-hydrogen) atoms. The van der Waals surface area contributed by atoms with E-state index in [1.165, 1.54) is 24.3 Å². The van der Waals surface area contributed by atoms with Crippen LogP contribution in [0.15, 0.2) is 52.1 Å². The highest BCUT2D eigenvalue weighted by atomic mass is 19.1. The summed E-state index contributed by atoms with van der Waals surface area (Å²) in [7, 11) is 0. The van der Waals surface area contributed by atoms with Crippen molar-refractivity contribution in [1.82, 2.24) is 9.55 Å². The molecule has 100 valence electrons. The Morgan fingerprint density at radius 3 is 2.50 bits per heavy atom. The largest absolute Gasteiger partial charge is 0.333 e. The highest BCUT2D eigenvalue weighted by Gasteiger charge is 2.12. The number of hydrogen-bond donors (Lipinski definition) is 1. The average Bonchev–Trinajstić information content (AvgIpc) is 2.40. The van der Waals surface area contributed by atoms with Gasteiger partial charge >= 0.3 is 5.69 Å². The van der Waals surface area contributed by atoms with Crippen molar-refractivity contribution < 1.29 is 8.78 Å². The molecule has 4 nitrogen and oxygen atoms in total. The molecule has 1 heterocycles. The summed E-state index contributed by atoms with van der Waals surface area (Å²) < 4.78 is 27.5. The average molecular weight is 274 g/mol. The molecule has 6 heteroatoms. The summed E-state index contributed by atoms with van der Waals surface area (Å²) >= 11 is 0. The Kier molecular flexibility index (Phi) is 2.71. The highest BCUT2D eigenvalue weighted by Crippen LogP contribution is 2.11. The summed E-state index contributed by atoms with van der Waals surface area (Å²) in [6, 6.07) is 8.84. The number of aromatic nitrogens is 2. The minimum absolute atomic E-state index is 0.0765. The lowest BCUT2D eigenvalue weighted by Crippen LogP contribution is -2.34. The van der Waals surface area contributed by atoms with Crippen LogP contribution in [0.5, 0.6) is 0 Å². The van der Waals surface area contributed by atoms with Crippen LogP contribution in [0.4, 0.5) is 8.78 Å². The molecule has 0 radical (unpaired) electrons. The van der Waals surface area contributed by atoms with E-state index in [1.807, 2.05) is 0 Å². The van der Waals surface area contributed by atoms with Crippen LogP contribution < -0.4 is 11.2 Å². The van der Waals surface area contributed by atoms with E-state index in [4.69, 9.17) is 0 Å². The first kappa shape index (κ1) is 12.3. The van der Waals surface area contributed by atoms with E-state index < -0.39 is 22.9 Å². The van der Waals surface area contributed by atoms with Gasteiger partial charge in [-0.05, 0) is 30.3 Å². The number of rotatable bonds is 1. The normalized spacial score (nSPS) is 10.9. The van der Waals surface area contributed by atoms with E-state index in [1.54, 1.807) is 0 Å². The molecular formula is C14H8F2N2O2. The molecule has 0 saturated carbocycles. The van der Waals surface area contributed by atoms with E-state index in [2.05, 4.69) is 4.98 Å². The predicted octanol–water partition coefficient (Wildman–Crippen LogP) is 1.96. The van der Waals surface area contributed by atoms with Gasteiger partial charge in [-0.3, -0.25) is 4.79 Å². The van der Waals surface area contributed by atoms with Crippen LogP contribution in [0.25, 0.3) is 16.6 Å². The van der Waals surface area contributed by atoms with Crippen molar-refractivity contribution in [2.75, 3.05) is 0 Å². The summed E-state index contributed by atoms with van der Waals surface area (Å²) in [4.78, 5) is 26.6. The van der Waals surface area contributed by atoms with Crippen molar-refractivity contribution in [3.05, 3.63) is 74.9 Å². The van der Waals surface area contributed by atoms with Gasteiger partial charge in [-0.1, -0.05) is 12.1 Å². The van der Waals surface area contributed by atoms with Crippen molar-refractivity contribution in [3.8, 4) is 5.69 Å². The Labute approximate surface area is 110 Å². The SMILES string of the molecule is O=c1[nH]c2cc(F)ccc2c(=O)n1-c1ccccc1F. The van der Waals surface area contributed by atoms with Crippen molar-refractivity contribution in [2.45, 2.75) is 0 Å². The molecule has 0 atom stereocenters. The van der Waals surface area contributed by atoms with Crippen LogP contribution in [-0.4, -0.2) is 9.55 Å². The lowest BCUT2D eigenvalue weighted by atomic mass is 10.2. The standard InChI is InChI=1S/C14H8F2N2O2/c15-8-5-6-9-11(7-8)17-14(20)18(13(9)19)12-4-2-1-3-10(12)16/h1-7H,(H,17,20). The zero-order valence-corrected chi connectivity index (χ0v) is 10.1. The second kappa shape index (κ2) is 4.41. The summed E-state index contributed by atoms with van der Waals surface area (Å²) in [5, 5.41) is 0.106. The maximum absolute atomic E-state index is 13.7. The first-order valence-electron chi connectivity index (χ1n) is 5.77. The number of benzene rings is 2. The van der Waals surface area contributed by atoms with Crippen LogP contribution in [0, 0.1) is 11.6 Å². The first-order chi connectivity index (χ1) is 9.58. The minimum atomic E-state index is -0.821. The van der Waals surface area contributed by atoms with E-state index >= 15 is 0 Å². The number of fused-ring (bicyclic) bond motifs is 1. The molecule has 1 aromatic heterocycles. The van der Waals surface area contributed by atoms with E-state index in [0.717, 1.165) is 18.2 Å². The van der Waals surface area contributed by atoms with Crippen LogP contribution >= 0.6 is 0 Å². The van der Waals surface area contributed by atoms with Crippen molar-refractivity contribution >= 4 is 10.9 Å². The number of aromatic amines is 1. The molecule has 2 aromatic carbocycles. The molecule has 0 aliphatic heterocycles. The first-order valence-corrected chi connectivity index (χ1v) is 5.77. The maximum atomic E-state index is 13.7. The highest BCUT2D eigenvalue weighted by molar-refractivity contribution is 5.77. The third-order valence-corrected chi connectivity index (χ3v) is 2.95. The van der Waals surface area contributed by atoms with Crippen molar-refractivity contribution in [1.29, 1.82) is 0 Å². The second-order valence-corrected chi connectivity index (χ2v) is 4.21. The van der Waals surface area contributed by atoms with Gasteiger partial charge in [-0.15, -0.1) is 0 Å². The van der Waals surface area contributed by atoms with Gasteiger partial charge < -0.3 is 4.98 Å². The molecule has 1 N–H and O–H groups in total. The van der Waals surface area contributed by atoms with Gasteiger partial charge in [0.25, 0.3) is 5.56 Å². The number of H-pyrrole nitrogens is 1. The van der Waals surface area contributed by atoms with Gasteiger partial charge in [0.15, 0.2) is 0 Å². The van der Waals surface area contributed by atoms with Gasteiger partial charge in [0.2, 0.25) is 0 Å². The lowest BCUT2D eigenvalue weighted by Gasteiger charge is -2.07. The number of para-hydroxylation sites is 1. The van der Waals surface area contributed by atoms with Gasteiger partial charge in [0.1, 0.15) is 11.6 Å². The summed E-state index contributed by atoms with van der Waals surface area (Å²) in [6.45, 7) is 0. The molecule has 0 bridgehead atoms. The molecule has 0 unspecified atom stereocenters. The zero-order chi connectivity index (χ0) is 14.3. The zero-order valence-electron chi connectivity index (χ0n) is 10.1. The fourth-order valence-corrected chi connectivity index (χ4v) is 2.04. The molecule has 0 saturated heterocycles. The van der Waals surface area contributed by atoms with E-state index in [0.29, 0.717) is 4.57 Å². The van der Waals surface area contributed by atoms with Crippen LogP contribution in [-0.2, 0) is 0 Å². The number of halogens is 2. The van der Waals surface area contributed by atoms with Gasteiger partial charge in [0, 0.05) is 0 Å². The molecule has 3 aromatic rings. The predicted molar refractivity (Wildman–Crippen MR) is 70.1 cm³/mol. The molecule has 0 spiro atoms. The quantitative estimate of drug-likeness (QED) is 0.737. The Morgan fingerprint density at radius 2 is 1.75 bits per heavy atom. The summed E-state index contributed by atoms with van der Waals surface area (Å²) in [5.41, 5.74) is -1.59. The Morgan fingerprint density at radius 1 is 1.00 bits per heavy atom. The number of nitrogens with zero attached hydrogens (tertiary/aromatic N) is 1. The molecule has 0 aliphatic rings. The summed E-state index contributed by atoms with van der Waals surface area (Å²) in [6.07, 6.45) is 0. The van der Waals surface area contributed by atoms with Crippen molar-refractivity contribution in [2.24, 2.45) is 0 Å². The molecule has 3 rings (SSSR count). The topological polar surface area (TPSA) is 54.9 Å². The third kappa shape index (κ3) is 1.82. The molecule has 0 aliphatic carbocycles. The lowest BCUT2D eigenvalue weighted by molar-refractivity contribution is 0.612. The molecule has 0 fully saturated rings. The van der Waals surface area contributed by atoms with Gasteiger partial charge in [-0.2, -0.15) is 0 Å². The third-order valence-electron chi connectivity index (χ3n) is 2.95. The van der Waals surface area contributed by atoms with Crippen molar-refractivity contribution in [3.63, 3.8) is 0 Å². The maximum Gasteiger partial charge on any atom is 0.333 e. The van der Waals surface area contributed by atoms with Gasteiger partial charge in [-0.25, -0.2) is 18.1 Å². The van der Waals surface area contributed by atoms with E-state index in [9.17, 15) is 18.4 Å². The molecule has 0 amide bonds. The number of hydrogen-bond acceptors (Lipinski definition) is 2. The van der Waals surface area contributed by atoms with E-state index in [-0.39, 0.29) is 16.6 Å². The van der Waals surface area contributed by atoms with Crippen LogP contribution in [0.1, 0.15) is 0 Å². The Balaban J connectivity index is 2.44. The summed E-state index contributed by atoms with van der Waals surface area (Å²) in [5.74, 6) is -1.27. The van der Waals surface area contributed by atoms with Crippen LogP contribution in [0.2, 0.25) is 0 Å².